The van der Waals surface area contributed by atoms with E-state index in [1.807, 2.05) is 6.92 Å². The fourth-order valence-corrected chi connectivity index (χ4v) is 0.775. The molecule has 0 aromatic carbocycles. The summed E-state index contributed by atoms with van der Waals surface area (Å²) in [5.41, 5.74) is -0.00463. The van der Waals surface area contributed by atoms with Crippen LogP contribution in [-0.4, -0.2) is 18.3 Å². The van der Waals surface area contributed by atoms with E-state index >= 15 is 0 Å². The molecular weight excluding hydrogens is 112 g/mol. The normalized spacial score (nSPS) is 42.0. The standard InChI is InChI=1S/C4H8O2S/c1-3-5-2-4(7)6-3/h3-4,7H,2H2,1H3. The number of thiol groups is 1. The first-order chi connectivity index (χ1) is 3.29. The fourth-order valence-electron chi connectivity index (χ4n) is 0.518. The molecule has 2 unspecified atom stereocenters. The van der Waals surface area contributed by atoms with Gasteiger partial charge in [-0.2, -0.15) is 0 Å². The molecule has 42 valence electrons. The van der Waals surface area contributed by atoms with Crippen molar-refractivity contribution in [3.63, 3.8) is 0 Å². The molecule has 2 nitrogen and oxygen atoms in total. The third kappa shape index (κ3) is 1.33. The molecule has 1 saturated heterocycles. The van der Waals surface area contributed by atoms with Gasteiger partial charge in [0.25, 0.3) is 0 Å². The van der Waals surface area contributed by atoms with E-state index in [0.29, 0.717) is 6.61 Å². The van der Waals surface area contributed by atoms with Gasteiger partial charge in [-0.1, -0.05) is 0 Å². The van der Waals surface area contributed by atoms with Gasteiger partial charge in [-0.3, -0.25) is 0 Å². The van der Waals surface area contributed by atoms with Crippen molar-refractivity contribution in [2.45, 2.75) is 18.6 Å². The van der Waals surface area contributed by atoms with Crippen LogP contribution >= 0.6 is 12.6 Å². The van der Waals surface area contributed by atoms with E-state index in [4.69, 9.17) is 9.47 Å². The molecule has 0 spiro atoms. The smallest absolute Gasteiger partial charge is 0.156 e. The lowest BCUT2D eigenvalue weighted by molar-refractivity contribution is -0.0294. The lowest BCUT2D eigenvalue weighted by atomic mass is 10.8. The number of rotatable bonds is 0. The first kappa shape index (κ1) is 5.41. The van der Waals surface area contributed by atoms with Gasteiger partial charge < -0.3 is 9.47 Å². The van der Waals surface area contributed by atoms with E-state index in [2.05, 4.69) is 12.6 Å². The molecule has 0 aromatic rings. The summed E-state index contributed by atoms with van der Waals surface area (Å²) < 4.78 is 9.97. The van der Waals surface area contributed by atoms with E-state index < -0.39 is 0 Å². The average Bonchev–Trinajstić information content (AvgIpc) is 1.87. The summed E-state index contributed by atoms with van der Waals surface area (Å²) >= 11 is 4.00. The van der Waals surface area contributed by atoms with Crippen LogP contribution in [0.3, 0.4) is 0 Å². The van der Waals surface area contributed by atoms with E-state index in [9.17, 15) is 0 Å². The molecule has 0 aliphatic carbocycles. The van der Waals surface area contributed by atoms with Crippen molar-refractivity contribution >= 4 is 12.6 Å². The van der Waals surface area contributed by atoms with Crippen molar-refractivity contribution in [3.05, 3.63) is 0 Å². The van der Waals surface area contributed by atoms with Crippen LogP contribution in [-0.2, 0) is 9.47 Å². The quantitative estimate of drug-likeness (QED) is 0.473. The summed E-state index contributed by atoms with van der Waals surface area (Å²) in [7, 11) is 0. The molecule has 1 heterocycles. The molecule has 1 rings (SSSR count). The molecular formula is C4H8O2S. The zero-order valence-corrected chi connectivity index (χ0v) is 5.02. The van der Waals surface area contributed by atoms with Crippen molar-refractivity contribution in [2.24, 2.45) is 0 Å². The van der Waals surface area contributed by atoms with Crippen LogP contribution in [0.15, 0.2) is 0 Å². The molecule has 1 fully saturated rings. The van der Waals surface area contributed by atoms with Crippen LogP contribution in [0.4, 0.5) is 0 Å². The van der Waals surface area contributed by atoms with Gasteiger partial charge in [0.15, 0.2) is 6.29 Å². The van der Waals surface area contributed by atoms with Gasteiger partial charge in [0.05, 0.1) is 6.61 Å². The second-order valence-electron chi connectivity index (χ2n) is 1.49. The molecule has 0 aromatic heterocycles. The number of hydrogen-bond acceptors (Lipinski definition) is 3. The second kappa shape index (κ2) is 2.03. The molecule has 0 saturated carbocycles. The average molecular weight is 120 g/mol. The molecule has 1 aliphatic rings. The van der Waals surface area contributed by atoms with Gasteiger partial charge in [0.1, 0.15) is 5.44 Å². The Labute approximate surface area is 48.2 Å². The van der Waals surface area contributed by atoms with Crippen molar-refractivity contribution in [3.8, 4) is 0 Å². The molecule has 0 bridgehead atoms. The summed E-state index contributed by atoms with van der Waals surface area (Å²) in [5, 5.41) is 0. The summed E-state index contributed by atoms with van der Waals surface area (Å²) in [4.78, 5) is 0. The largest absolute Gasteiger partial charge is 0.349 e. The highest BCUT2D eigenvalue weighted by molar-refractivity contribution is 7.80. The van der Waals surface area contributed by atoms with Crippen LogP contribution in [0.1, 0.15) is 6.92 Å². The lowest BCUT2D eigenvalue weighted by Crippen LogP contribution is -2.01. The molecule has 2 atom stereocenters. The summed E-state index contributed by atoms with van der Waals surface area (Å²) in [6.07, 6.45) is -0.0532. The minimum Gasteiger partial charge on any atom is -0.349 e. The first-order valence-corrected chi connectivity index (χ1v) is 2.76. The monoisotopic (exact) mass is 120 g/mol. The van der Waals surface area contributed by atoms with Crippen LogP contribution in [0.5, 0.6) is 0 Å². The minimum absolute atomic E-state index is 0.00463. The Morgan fingerprint density at radius 2 is 2.43 bits per heavy atom. The van der Waals surface area contributed by atoms with Crippen molar-refractivity contribution in [2.75, 3.05) is 6.61 Å². The molecule has 3 heteroatoms. The topological polar surface area (TPSA) is 18.5 Å². The van der Waals surface area contributed by atoms with Gasteiger partial charge in [0, 0.05) is 0 Å². The lowest BCUT2D eigenvalue weighted by Gasteiger charge is -1.97. The maximum absolute atomic E-state index is 5.00. The Balaban J connectivity index is 2.26. The SMILES string of the molecule is CC1OCC(S)O1. The van der Waals surface area contributed by atoms with Gasteiger partial charge >= 0.3 is 0 Å². The molecule has 7 heavy (non-hydrogen) atoms. The Morgan fingerprint density at radius 3 is 2.57 bits per heavy atom. The number of hydrogen-bond donors (Lipinski definition) is 1. The highest BCUT2D eigenvalue weighted by Gasteiger charge is 2.17. The molecule has 0 radical (unpaired) electrons. The molecule has 0 amide bonds. The van der Waals surface area contributed by atoms with E-state index in [1.165, 1.54) is 0 Å². The number of ether oxygens (including phenoxy) is 2. The predicted molar refractivity (Wildman–Crippen MR) is 29.3 cm³/mol. The fraction of sp³-hybridized carbons (Fsp3) is 1.00. The van der Waals surface area contributed by atoms with E-state index in [1.54, 1.807) is 0 Å². The summed E-state index contributed by atoms with van der Waals surface area (Å²) in [5.74, 6) is 0. The van der Waals surface area contributed by atoms with Crippen LogP contribution < -0.4 is 0 Å². The van der Waals surface area contributed by atoms with Gasteiger partial charge in [-0.25, -0.2) is 0 Å². The predicted octanol–water partition coefficient (Wildman–Crippen LogP) is 0.635. The zero-order chi connectivity index (χ0) is 5.28. The maximum Gasteiger partial charge on any atom is 0.156 e. The van der Waals surface area contributed by atoms with Crippen LogP contribution in [0.25, 0.3) is 0 Å². The Bertz CT molecular complexity index is 58.7. The Kier molecular flexibility index (Phi) is 1.57. The first-order valence-electron chi connectivity index (χ1n) is 2.24. The van der Waals surface area contributed by atoms with Gasteiger partial charge in [-0.05, 0) is 6.92 Å². The second-order valence-corrected chi connectivity index (χ2v) is 2.07. The summed E-state index contributed by atoms with van der Waals surface area (Å²) in [6.45, 7) is 2.47. The third-order valence-corrected chi connectivity index (χ3v) is 1.09. The highest BCUT2D eigenvalue weighted by Crippen LogP contribution is 2.12. The van der Waals surface area contributed by atoms with Crippen LogP contribution in [0.2, 0.25) is 0 Å². The zero-order valence-electron chi connectivity index (χ0n) is 4.13. The van der Waals surface area contributed by atoms with E-state index in [0.717, 1.165) is 0 Å². The van der Waals surface area contributed by atoms with Crippen molar-refractivity contribution < 1.29 is 9.47 Å². The van der Waals surface area contributed by atoms with E-state index in [-0.39, 0.29) is 11.7 Å². The minimum atomic E-state index is -0.0532. The molecule has 0 N–H and O–H groups in total. The Morgan fingerprint density at radius 1 is 1.71 bits per heavy atom. The van der Waals surface area contributed by atoms with Crippen LogP contribution in [0, 0.1) is 0 Å². The maximum atomic E-state index is 5.00. The van der Waals surface area contributed by atoms with Crippen molar-refractivity contribution in [1.82, 2.24) is 0 Å². The molecule has 1 aliphatic heterocycles. The van der Waals surface area contributed by atoms with Crippen molar-refractivity contribution in [1.29, 1.82) is 0 Å². The summed E-state index contributed by atoms with van der Waals surface area (Å²) in [6, 6.07) is 0. The Hall–Kier alpha value is 0.270. The highest BCUT2D eigenvalue weighted by atomic mass is 32.1. The third-order valence-electron chi connectivity index (χ3n) is 0.822. The van der Waals surface area contributed by atoms with Gasteiger partial charge in [0.2, 0.25) is 0 Å². The van der Waals surface area contributed by atoms with Gasteiger partial charge in [-0.15, -0.1) is 12.6 Å².